The monoisotopic (exact) mass is 433 g/mol. The summed E-state index contributed by atoms with van der Waals surface area (Å²) in [7, 11) is 1.68. The minimum atomic E-state index is 0.138. The maximum absolute atomic E-state index is 6.43. The number of aliphatic imine (C=N–C) groups is 1. The smallest absolute Gasteiger partial charge is 0.198 e. The predicted molar refractivity (Wildman–Crippen MR) is 125 cm³/mol. The van der Waals surface area contributed by atoms with Gasteiger partial charge in [0.25, 0.3) is 0 Å². The molecule has 2 heterocycles. The van der Waals surface area contributed by atoms with Crippen molar-refractivity contribution in [2.75, 3.05) is 38.6 Å². The Morgan fingerprint density at radius 1 is 1.07 bits per heavy atom. The Balaban J connectivity index is 1.52. The molecule has 2 atom stereocenters. The van der Waals surface area contributed by atoms with E-state index in [-0.39, 0.29) is 12.1 Å². The van der Waals surface area contributed by atoms with Crippen molar-refractivity contribution in [1.82, 2.24) is 9.80 Å². The molecule has 2 saturated heterocycles. The first-order valence-corrected chi connectivity index (χ1v) is 11.9. The van der Waals surface area contributed by atoms with Gasteiger partial charge in [-0.2, -0.15) is 0 Å². The maximum Gasteiger partial charge on any atom is 0.198 e. The molecule has 7 heteroatoms. The Bertz CT molecular complexity index is 728. The number of anilines is 1. The molecule has 3 fully saturated rings. The van der Waals surface area contributed by atoms with E-state index >= 15 is 0 Å². The third kappa shape index (κ3) is 5.21. The van der Waals surface area contributed by atoms with E-state index in [1.807, 2.05) is 18.2 Å². The van der Waals surface area contributed by atoms with Crippen molar-refractivity contribution in [3.8, 4) is 5.75 Å². The van der Waals surface area contributed by atoms with Crippen LogP contribution in [-0.2, 0) is 0 Å². The number of guanidine groups is 1. The van der Waals surface area contributed by atoms with Gasteiger partial charge in [0.1, 0.15) is 5.75 Å². The van der Waals surface area contributed by atoms with Crippen molar-refractivity contribution >= 4 is 23.2 Å². The fraction of sp³-hybridized carbons (Fsp3) is 0.696. The van der Waals surface area contributed by atoms with Crippen LogP contribution in [0.2, 0.25) is 5.02 Å². The molecule has 0 aromatic heterocycles. The standard InChI is InChI=1S/C23H36ClN5O/c1-30-22-9-8-17(24)16-21(22)27-23(26-20-7-3-2-6-19(20)25)29-14-10-18(11-15-29)28-12-4-5-13-28/h8-9,16,18-20H,2-7,10-15,25H2,1H3,(H,26,27)/t19-,20-/m0/s1. The van der Waals surface area contributed by atoms with E-state index in [9.17, 15) is 0 Å². The zero-order valence-corrected chi connectivity index (χ0v) is 18.9. The first-order chi connectivity index (χ1) is 14.6. The lowest BCUT2D eigenvalue weighted by atomic mass is 9.91. The number of hydrogen-bond acceptors (Lipinski definition) is 4. The number of benzene rings is 1. The van der Waals surface area contributed by atoms with Crippen molar-refractivity contribution in [3.63, 3.8) is 0 Å². The zero-order chi connectivity index (χ0) is 20.9. The van der Waals surface area contributed by atoms with Crippen molar-refractivity contribution in [3.05, 3.63) is 23.2 Å². The number of rotatable bonds is 4. The van der Waals surface area contributed by atoms with Crippen LogP contribution >= 0.6 is 11.6 Å². The van der Waals surface area contributed by atoms with Crippen LogP contribution in [0.4, 0.5) is 5.69 Å². The molecule has 0 radical (unpaired) electrons. The van der Waals surface area contributed by atoms with Crippen LogP contribution in [0.3, 0.4) is 0 Å². The average molecular weight is 434 g/mol. The molecule has 0 amide bonds. The molecule has 30 heavy (non-hydrogen) atoms. The highest BCUT2D eigenvalue weighted by Crippen LogP contribution is 2.29. The SMILES string of the molecule is COc1ccc(Cl)cc1NC(=N[C@H]1CCCC[C@@H]1N)N1CCC(N2CCCC2)CC1. The summed E-state index contributed by atoms with van der Waals surface area (Å²) in [6.07, 6.45) is 9.59. The van der Waals surface area contributed by atoms with E-state index in [1.165, 1.54) is 51.6 Å². The summed E-state index contributed by atoms with van der Waals surface area (Å²) in [4.78, 5) is 10.2. The minimum absolute atomic E-state index is 0.138. The van der Waals surface area contributed by atoms with E-state index < -0.39 is 0 Å². The fourth-order valence-corrected chi connectivity index (χ4v) is 5.27. The van der Waals surface area contributed by atoms with Crippen molar-refractivity contribution in [2.24, 2.45) is 10.7 Å². The number of nitrogens with zero attached hydrogens (tertiary/aromatic N) is 3. The summed E-state index contributed by atoms with van der Waals surface area (Å²) in [5.74, 6) is 1.68. The molecular formula is C23H36ClN5O. The van der Waals surface area contributed by atoms with E-state index in [1.54, 1.807) is 7.11 Å². The summed E-state index contributed by atoms with van der Waals surface area (Å²) < 4.78 is 5.56. The number of nitrogens with two attached hydrogens (primary N) is 1. The van der Waals surface area contributed by atoms with Crippen molar-refractivity contribution < 1.29 is 4.74 Å². The van der Waals surface area contributed by atoms with Crippen LogP contribution in [0.25, 0.3) is 0 Å². The fourth-order valence-electron chi connectivity index (χ4n) is 5.10. The van der Waals surface area contributed by atoms with Gasteiger partial charge in [0, 0.05) is 30.2 Å². The lowest BCUT2D eigenvalue weighted by molar-refractivity contribution is 0.163. The maximum atomic E-state index is 6.43. The molecule has 1 aromatic carbocycles. The second kappa shape index (κ2) is 10.2. The lowest BCUT2D eigenvalue weighted by Crippen LogP contribution is -2.49. The number of nitrogens with one attached hydrogen (secondary N) is 1. The number of piperidine rings is 1. The Hall–Kier alpha value is -1.50. The number of halogens is 1. The zero-order valence-electron chi connectivity index (χ0n) is 18.2. The van der Waals surface area contributed by atoms with Gasteiger partial charge >= 0.3 is 0 Å². The third-order valence-electron chi connectivity index (χ3n) is 6.90. The summed E-state index contributed by atoms with van der Waals surface area (Å²) in [6.45, 7) is 4.55. The Labute approximate surface area is 185 Å². The molecule has 3 aliphatic rings. The van der Waals surface area contributed by atoms with Gasteiger partial charge in [0.2, 0.25) is 0 Å². The highest BCUT2D eigenvalue weighted by Gasteiger charge is 2.29. The molecule has 6 nitrogen and oxygen atoms in total. The van der Waals surface area contributed by atoms with E-state index in [2.05, 4.69) is 15.1 Å². The molecule has 0 bridgehead atoms. The second-order valence-electron chi connectivity index (χ2n) is 8.90. The first-order valence-electron chi connectivity index (χ1n) is 11.6. The number of ether oxygens (including phenoxy) is 1. The molecule has 0 spiro atoms. The summed E-state index contributed by atoms with van der Waals surface area (Å²) in [5, 5.41) is 4.24. The molecule has 1 aromatic rings. The molecule has 166 valence electrons. The van der Waals surface area contributed by atoms with Gasteiger partial charge < -0.3 is 25.6 Å². The van der Waals surface area contributed by atoms with Gasteiger partial charge in [0.15, 0.2) is 5.96 Å². The highest BCUT2D eigenvalue weighted by molar-refractivity contribution is 6.31. The highest BCUT2D eigenvalue weighted by atomic mass is 35.5. The normalized spacial score (nSPS) is 26.8. The van der Waals surface area contributed by atoms with E-state index in [0.29, 0.717) is 11.1 Å². The molecule has 1 aliphatic carbocycles. The quantitative estimate of drug-likeness (QED) is 0.556. The van der Waals surface area contributed by atoms with E-state index in [4.69, 9.17) is 27.1 Å². The molecule has 3 N–H and O–H groups in total. The van der Waals surface area contributed by atoms with Gasteiger partial charge in [-0.25, -0.2) is 4.99 Å². The minimum Gasteiger partial charge on any atom is -0.495 e. The first kappa shape index (κ1) is 21.7. The molecule has 0 unspecified atom stereocenters. The summed E-state index contributed by atoms with van der Waals surface area (Å²) in [6, 6.07) is 6.67. The topological polar surface area (TPSA) is 66.1 Å². The number of methoxy groups -OCH3 is 1. The van der Waals surface area contributed by atoms with Crippen LogP contribution in [0, 0.1) is 0 Å². The average Bonchev–Trinajstić information content (AvgIpc) is 3.30. The van der Waals surface area contributed by atoms with Crippen LogP contribution in [0.1, 0.15) is 51.4 Å². The van der Waals surface area contributed by atoms with Crippen LogP contribution < -0.4 is 15.8 Å². The molecule has 2 aliphatic heterocycles. The molecule has 1 saturated carbocycles. The number of likely N-dealkylation sites (tertiary alicyclic amines) is 2. The van der Waals surface area contributed by atoms with Gasteiger partial charge in [-0.15, -0.1) is 0 Å². The third-order valence-corrected chi connectivity index (χ3v) is 7.13. The molecular weight excluding hydrogens is 398 g/mol. The van der Waals surface area contributed by atoms with Crippen molar-refractivity contribution in [2.45, 2.75) is 69.5 Å². The molecule has 4 rings (SSSR count). The Morgan fingerprint density at radius 3 is 2.50 bits per heavy atom. The van der Waals surface area contributed by atoms with E-state index in [0.717, 1.165) is 43.3 Å². The van der Waals surface area contributed by atoms with Gasteiger partial charge in [-0.1, -0.05) is 24.4 Å². The van der Waals surface area contributed by atoms with Gasteiger partial charge in [-0.3, -0.25) is 0 Å². The summed E-state index contributed by atoms with van der Waals surface area (Å²) >= 11 is 6.28. The largest absolute Gasteiger partial charge is 0.495 e. The van der Waals surface area contributed by atoms with Gasteiger partial charge in [-0.05, 0) is 69.8 Å². The lowest BCUT2D eigenvalue weighted by Gasteiger charge is -2.39. The predicted octanol–water partition coefficient (Wildman–Crippen LogP) is 3.95. The summed E-state index contributed by atoms with van der Waals surface area (Å²) in [5.41, 5.74) is 7.29. The Kier molecular flexibility index (Phi) is 7.39. The van der Waals surface area contributed by atoms with Crippen molar-refractivity contribution in [1.29, 1.82) is 0 Å². The Morgan fingerprint density at radius 2 is 1.80 bits per heavy atom. The van der Waals surface area contributed by atoms with Crippen LogP contribution in [-0.4, -0.2) is 67.2 Å². The van der Waals surface area contributed by atoms with Gasteiger partial charge in [0.05, 0.1) is 18.8 Å². The number of hydrogen-bond donors (Lipinski definition) is 2. The van der Waals surface area contributed by atoms with Crippen LogP contribution in [0.5, 0.6) is 5.75 Å². The van der Waals surface area contributed by atoms with Crippen LogP contribution in [0.15, 0.2) is 23.2 Å². The second-order valence-corrected chi connectivity index (χ2v) is 9.34.